The molecule has 8 heteroatoms. The van der Waals surface area contributed by atoms with Crippen LogP contribution in [0.5, 0.6) is 0 Å². The predicted octanol–water partition coefficient (Wildman–Crippen LogP) is 0.677. The molecular formula is C11H16N6OS. The standard InChI is InChI=1S/C11H16N6OS/c1-6(2)17(5-8(12)18)9-7-3-4-19-10(7)15-11(14-9)16-13/h3-4,6H,5,13H2,1-2H3,(H2,12,18)(H,14,15,16). The second-order valence-corrected chi connectivity index (χ2v) is 5.24. The molecule has 0 atom stereocenters. The molecule has 0 aliphatic rings. The Balaban J connectivity index is 2.56. The zero-order valence-corrected chi connectivity index (χ0v) is 11.6. The number of nitrogens with one attached hydrogen (secondary N) is 1. The molecule has 0 spiro atoms. The molecule has 0 aromatic carbocycles. The number of thiophene rings is 1. The highest BCUT2D eigenvalue weighted by Crippen LogP contribution is 2.29. The van der Waals surface area contributed by atoms with Gasteiger partial charge in [0.2, 0.25) is 11.9 Å². The maximum absolute atomic E-state index is 11.2. The van der Waals surface area contributed by atoms with E-state index in [1.165, 1.54) is 11.3 Å². The quantitative estimate of drug-likeness (QED) is 0.548. The molecule has 2 aromatic heterocycles. The predicted molar refractivity (Wildman–Crippen MR) is 76.9 cm³/mol. The lowest BCUT2D eigenvalue weighted by Crippen LogP contribution is -2.39. The van der Waals surface area contributed by atoms with Gasteiger partial charge in [0.25, 0.3) is 0 Å². The van der Waals surface area contributed by atoms with Gasteiger partial charge >= 0.3 is 0 Å². The maximum atomic E-state index is 11.2. The second-order valence-electron chi connectivity index (χ2n) is 4.34. The smallest absolute Gasteiger partial charge is 0.240 e. The van der Waals surface area contributed by atoms with Crippen LogP contribution in [0.15, 0.2) is 11.4 Å². The number of nitrogens with zero attached hydrogens (tertiary/aromatic N) is 3. The Morgan fingerprint density at radius 1 is 1.53 bits per heavy atom. The van der Waals surface area contributed by atoms with Gasteiger partial charge in [0.15, 0.2) is 0 Å². The van der Waals surface area contributed by atoms with Crippen LogP contribution in [0.4, 0.5) is 11.8 Å². The maximum Gasteiger partial charge on any atom is 0.240 e. The molecule has 7 nitrogen and oxygen atoms in total. The van der Waals surface area contributed by atoms with Crippen molar-refractivity contribution < 1.29 is 4.79 Å². The van der Waals surface area contributed by atoms with Gasteiger partial charge in [0.1, 0.15) is 10.6 Å². The monoisotopic (exact) mass is 280 g/mol. The van der Waals surface area contributed by atoms with Crippen LogP contribution in [0, 0.1) is 0 Å². The lowest BCUT2D eigenvalue weighted by Gasteiger charge is -2.27. The largest absolute Gasteiger partial charge is 0.368 e. The number of amides is 1. The average molecular weight is 280 g/mol. The average Bonchev–Trinajstić information content (AvgIpc) is 2.82. The van der Waals surface area contributed by atoms with Gasteiger partial charge in [-0.3, -0.25) is 10.2 Å². The summed E-state index contributed by atoms with van der Waals surface area (Å²) in [5.74, 6) is 5.95. The van der Waals surface area contributed by atoms with E-state index in [2.05, 4.69) is 15.4 Å². The molecule has 1 amide bonds. The summed E-state index contributed by atoms with van der Waals surface area (Å²) in [6.45, 7) is 4.04. The van der Waals surface area contributed by atoms with Crippen LogP contribution in [0.2, 0.25) is 0 Å². The van der Waals surface area contributed by atoms with Crippen LogP contribution in [0.1, 0.15) is 13.8 Å². The van der Waals surface area contributed by atoms with Crippen molar-refractivity contribution >= 4 is 39.2 Å². The Morgan fingerprint density at radius 2 is 2.26 bits per heavy atom. The van der Waals surface area contributed by atoms with E-state index < -0.39 is 5.91 Å². The fourth-order valence-electron chi connectivity index (χ4n) is 1.79. The van der Waals surface area contributed by atoms with Gasteiger partial charge in [0.05, 0.1) is 11.9 Å². The summed E-state index contributed by atoms with van der Waals surface area (Å²) in [6, 6.07) is 2.00. The summed E-state index contributed by atoms with van der Waals surface area (Å²) in [7, 11) is 0. The first-order valence-electron chi connectivity index (χ1n) is 5.79. The zero-order valence-electron chi connectivity index (χ0n) is 10.8. The third-order valence-corrected chi connectivity index (χ3v) is 3.46. The molecule has 2 heterocycles. The second kappa shape index (κ2) is 5.37. The SMILES string of the molecule is CC(C)N(CC(N)=O)c1nc(NN)nc2sccc12. The number of hydrogen-bond acceptors (Lipinski definition) is 7. The number of nitrogen functional groups attached to an aromatic ring is 1. The van der Waals surface area contributed by atoms with E-state index in [1.807, 2.05) is 30.2 Å². The molecule has 2 rings (SSSR count). The molecule has 0 bridgehead atoms. The normalized spacial score (nSPS) is 10.9. The van der Waals surface area contributed by atoms with Gasteiger partial charge in [-0.05, 0) is 25.3 Å². The molecular weight excluding hydrogens is 264 g/mol. The molecule has 0 aliphatic carbocycles. The summed E-state index contributed by atoms with van der Waals surface area (Å²) in [4.78, 5) is 22.5. The van der Waals surface area contributed by atoms with E-state index in [0.717, 1.165) is 10.2 Å². The first-order chi connectivity index (χ1) is 9.02. The minimum absolute atomic E-state index is 0.0797. The van der Waals surface area contributed by atoms with Crippen LogP contribution in [-0.4, -0.2) is 28.5 Å². The number of primary amides is 1. The first-order valence-corrected chi connectivity index (χ1v) is 6.67. The van der Waals surface area contributed by atoms with Crippen LogP contribution in [0.25, 0.3) is 10.2 Å². The first kappa shape index (κ1) is 13.5. The van der Waals surface area contributed by atoms with Gasteiger partial charge in [-0.1, -0.05) is 0 Å². The zero-order chi connectivity index (χ0) is 14.0. The molecule has 102 valence electrons. The molecule has 5 N–H and O–H groups in total. The van der Waals surface area contributed by atoms with Crippen molar-refractivity contribution in [2.24, 2.45) is 11.6 Å². The number of nitrogens with two attached hydrogens (primary N) is 2. The minimum Gasteiger partial charge on any atom is -0.368 e. The van der Waals surface area contributed by atoms with E-state index in [0.29, 0.717) is 11.8 Å². The van der Waals surface area contributed by atoms with Crippen molar-refractivity contribution in [2.75, 3.05) is 16.9 Å². The van der Waals surface area contributed by atoms with Gasteiger partial charge in [0, 0.05) is 6.04 Å². The summed E-state index contributed by atoms with van der Waals surface area (Å²) in [5, 5.41) is 2.81. The van der Waals surface area contributed by atoms with Gasteiger partial charge < -0.3 is 10.6 Å². The van der Waals surface area contributed by atoms with Gasteiger partial charge in [-0.15, -0.1) is 11.3 Å². The highest BCUT2D eigenvalue weighted by Gasteiger charge is 2.19. The molecule has 19 heavy (non-hydrogen) atoms. The molecule has 2 aromatic rings. The number of hydrogen-bond donors (Lipinski definition) is 3. The molecule has 0 saturated carbocycles. The molecule has 0 radical (unpaired) electrons. The summed E-state index contributed by atoms with van der Waals surface area (Å²) in [5.41, 5.74) is 7.73. The van der Waals surface area contributed by atoms with Crippen molar-refractivity contribution in [2.45, 2.75) is 19.9 Å². The van der Waals surface area contributed by atoms with Gasteiger partial charge in [-0.25, -0.2) is 10.8 Å². The Bertz CT molecular complexity index is 596. The molecule has 0 saturated heterocycles. The molecule has 0 fully saturated rings. The Hall–Kier alpha value is -1.93. The highest BCUT2D eigenvalue weighted by atomic mass is 32.1. The number of hydrazine groups is 1. The molecule has 0 unspecified atom stereocenters. The Morgan fingerprint density at radius 3 is 2.84 bits per heavy atom. The van der Waals surface area contributed by atoms with E-state index in [1.54, 1.807) is 0 Å². The number of fused-ring (bicyclic) bond motifs is 1. The third-order valence-electron chi connectivity index (χ3n) is 2.66. The van der Waals surface area contributed by atoms with Crippen LogP contribution >= 0.6 is 11.3 Å². The lowest BCUT2D eigenvalue weighted by atomic mass is 10.2. The van der Waals surface area contributed by atoms with E-state index in [4.69, 9.17) is 11.6 Å². The third kappa shape index (κ3) is 2.74. The fourth-order valence-corrected chi connectivity index (χ4v) is 2.55. The van der Waals surface area contributed by atoms with E-state index >= 15 is 0 Å². The fraction of sp³-hybridized carbons (Fsp3) is 0.364. The molecule has 0 aliphatic heterocycles. The van der Waals surface area contributed by atoms with Crippen molar-refractivity contribution in [3.8, 4) is 0 Å². The number of anilines is 2. The summed E-state index contributed by atoms with van der Waals surface area (Å²) >= 11 is 1.49. The summed E-state index contributed by atoms with van der Waals surface area (Å²) in [6.07, 6.45) is 0. The van der Waals surface area contributed by atoms with Crippen molar-refractivity contribution in [1.82, 2.24) is 9.97 Å². The minimum atomic E-state index is -0.405. The van der Waals surface area contributed by atoms with Crippen molar-refractivity contribution in [1.29, 1.82) is 0 Å². The van der Waals surface area contributed by atoms with Crippen LogP contribution < -0.4 is 21.9 Å². The number of carbonyl (C=O) groups is 1. The van der Waals surface area contributed by atoms with Crippen molar-refractivity contribution in [3.05, 3.63) is 11.4 Å². The van der Waals surface area contributed by atoms with E-state index in [9.17, 15) is 4.79 Å². The topological polar surface area (TPSA) is 110 Å². The lowest BCUT2D eigenvalue weighted by molar-refractivity contribution is -0.116. The number of aromatic nitrogens is 2. The van der Waals surface area contributed by atoms with E-state index in [-0.39, 0.29) is 12.6 Å². The Labute approximate surface area is 114 Å². The van der Waals surface area contributed by atoms with Crippen LogP contribution in [0.3, 0.4) is 0 Å². The highest BCUT2D eigenvalue weighted by molar-refractivity contribution is 7.16. The van der Waals surface area contributed by atoms with Gasteiger partial charge in [-0.2, -0.15) is 4.98 Å². The van der Waals surface area contributed by atoms with Crippen molar-refractivity contribution in [3.63, 3.8) is 0 Å². The number of rotatable bonds is 5. The van der Waals surface area contributed by atoms with Crippen LogP contribution in [-0.2, 0) is 4.79 Å². The summed E-state index contributed by atoms with van der Waals surface area (Å²) < 4.78 is 0. The Kier molecular flexibility index (Phi) is 3.82. The number of carbonyl (C=O) groups excluding carboxylic acids is 1.